The molecule has 0 aromatic heterocycles. The average molecular weight is 209 g/mol. The molecule has 0 spiro atoms. The Balaban J connectivity index is 2.26. The fourth-order valence-corrected chi connectivity index (χ4v) is 2.18. The van der Waals surface area contributed by atoms with Crippen LogP contribution in [0.15, 0.2) is 18.2 Å². The van der Waals surface area contributed by atoms with Gasteiger partial charge in [0, 0.05) is 18.7 Å². The highest BCUT2D eigenvalue weighted by Gasteiger charge is 2.17. The molecule has 2 heteroatoms. The number of hydrogen-bond donors (Lipinski definition) is 0. The largest absolute Gasteiger partial charge is 0.371 e. The first-order valence-electron chi connectivity index (χ1n) is 5.82. The summed E-state index contributed by atoms with van der Waals surface area (Å²) in [6.07, 6.45) is 7.99. The Kier molecular flexibility index (Phi) is 3.24. The molecule has 1 heterocycles. The van der Waals surface area contributed by atoms with E-state index in [1.165, 1.54) is 12.8 Å². The zero-order valence-corrected chi connectivity index (χ0v) is 9.74. The van der Waals surface area contributed by atoms with Crippen molar-refractivity contribution < 1.29 is 0 Å². The molecule has 2 radical (unpaired) electrons. The highest BCUT2D eigenvalue weighted by Crippen LogP contribution is 2.24. The van der Waals surface area contributed by atoms with Gasteiger partial charge in [0.25, 0.3) is 0 Å². The summed E-state index contributed by atoms with van der Waals surface area (Å²) in [5.41, 5.74) is 2.85. The van der Waals surface area contributed by atoms with Crippen molar-refractivity contribution in [1.82, 2.24) is 0 Å². The van der Waals surface area contributed by atoms with Gasteiger partial charge in [-0.2, -0.15) is 0 Å². The predicted octanol–water partition coefficient (Wildman–Crippen LogP) is 1.70. The third kappa shape index (κ3) is 2.24. The molecule has 0 saturated carbocycles. The Hall–Kier alpha value is -1.36. The predicted molar refractivity (Wildman–Crippen MR) is 70.4 cm³/mol. The Morgan fingerprint density at radius 2 is 2.06 bits per heavy atom. The van der Waals surface area contributed by atoms with E-state index < -0.39 is 0 Å². The van der Waals surface area contributed by atoms with Gasteiger partial charge in [0.15, 0.2) is 0 Å². The smallest absolute Gasteiger partial charge is 0.113 e. The normalized spacial score (nSPS) is 17.1. The zero-order valence-electron chi connectivity index (χ0n) is 9.74. The van der Waals surface area contributed by atoms with Gasteiger partial charge < -0.3 is 4.90 Å². The van der Waals surface area contributed by atoms with Crippen LogP contribution in [0, 0.1) is 18.3 Å². The molecule has 16 heavy (non-hydrogen) atoms. The maximum Gasteiger partial charge on any atom is 0.113 e. The molecule has 1 aromatic carbocycles. The summed E-state index contributed by atoms with van der Waals surface area (Å²) in [5, 5.41) is 0. The Bertz CT molecular complexity index is 411. The summed E-state index contributed by atoms with van der Waals surface area (Å²) in [7, 11) is 5.82. The molecule has 0 unspecified atom stereocenters. The molecule has 0 aliphatic carbocycles. The SMILES string of the molecule is [B]c1ccc(C#C)c(N2CCC(C)CC2)c1. The second-order valence-electron chi connectivity index (χ2n) is 4.59. The van der Waals surface area contributed by atoms with Gasteiger partial charge in [-0.05, 0) is 30.9 Å². The van der Waals surface area contributed by atoms with Crippen LogP contribution in [-0.4, -0.2) is 20.9 Å². The molecule has 1 fully saturated rings. The van der Waals surface area contributed by atoms with Gasteiger partial charge in [0.1, 0.15) is 7.85 Å². The minimum Gasteiger partial charge on any atom is -0.371 e. The van der Waals surface area contributed by atoms with E-state index in [1.54, 1.807) is 0 Å². The standard InChI is InChI=1S/C14H16BN/c1-3-12-4-5-13(15)10-14(12)16-8-6-11(2)7-9-16/h1,4-5,10-11H,6-9H2,2H3. The lowest BCUT2D eigenvalue weighted by molar-refractivity contribution is 0.438. The van der Waals surface area contributed by atoms with Gasteiger partial charge >= 0.3 is 0 Å². The van der Waals surface area contributed by atoms with Crippen molar-refractivity contribution in [2.75, 3.05) is 18.0 Å². The van der Waals surface area contributed by atoms with Gasteiger partial charge in [0.05, 0.1) is 5.69 Å². The fourth-order valence-electron chi connectivity index (χ4n) is 2.18. The quantitative estimate of drug-likeness (QED) is 0.502. The van der Waals surface area contributed by atoms with Crippen LogP contribution in [0.25, 0.3) is 0 Å². The molecule has 2 rings (SSSR count). The monoisotopic (exact) mass is 209 g/mol. The van der Waals surface area contributed by atoms with E-state index in [1.807, 2.05) is 18.2 Å². The van der Waals surface area contributed by atoms with Crippen molar-refractivity contribution in [3.63, 3.8) is 0 Å². The number of nitrogens with zero attached hydrogens (tertiary/aromatic N) is 1. The summed E-state index contributed by atoms with van der Waals surface area (Å²) >= 11 is 0. The molecule has 0 N–H and O–H groups in total. The van der Waals surface area contributed by atoms with Crippen LogP contribution in [0.1, 0.15) is 25.3 Å². The number of benzene rings is 1. The molecule has 1 nitrogen and oxygen atoms in total. The summed E-state index contributed by atoms with van der Waals surface area (Å²) in [4.78, 5) is 2.35. The van der Waals surface area contributed by atoms with E-state index in [4.69, 9.17) is 14.3 Å². The van der Waals surface area contributed by atoms with Crippen LogP contribution < -0.4 is 10.4 Å². The molecular weight excluding hydrogens is 193 g/mol. The lowest BCUT2D eigenvalue weighted by Gasteiger charge is -2.33. The molecule has 1 aliphatic rings. The van der Waals surface area contributed by atoms with Gasteiger partial charge in [0.2, 0.25) is 0 Å². The number of rotatable bonds is 1. The zero-order chi connectivity index (χ0) is 11.5. The van der Waals surface area contributed by atoms with E-state index in [9.17, 15) is 0 Å². The molecule has 0 atom stereocenters. The van der Waals surface area contributed by atoms with Gasteiger partial charge in [-0.3, -0.25) is 0 Å². The number of anilines is 1. The Labute approximate surface area is 99.3 Å². The summed E-state index contributed by atoms with van der Waals surface area (Å²) in [5.74, 6) is 3.56. The minimum absolute atomic E-state index is 0.785. The van der Waals surface area contributed by atoms with Crippen molar-refractivity contribution >= 4 is 19.0 Å². The third-order valence-electron chi connectivity index (χ3n) is 3.30. The van der Waals surface area contributed by atoms with E-state index in [0.29, 0.717) is 0 Å². The highest BCUT2D eigenvalue weighted by molar-refractivity contribution is 6.32. The fraction of sp³-hybridized carbons (Fsp3) is 0.429. The van der Waals surface area contributed by atoms with Crippen LogP contribution in [-0.2, 0) is 0 Å². The van der Waals surface area contributed by atoms with E-state index in [-0.39, 0.29) is 0 Å². The number of piperidine rings is 1. The van der Waals surface area contributed by atoms with Crippen LogP contribution in [0.5, 0.6) is 0 Å². The van der Waals surface area contributed by atoms with Crippen molar-refractivity contribution in [2.24, 2.45) is 5.92 Å². The van der Waals surface area contributed by atoms with Crippen LogP contribution in [0.3, 0.4) is 0 Å². The van der Waals surface area contributed by atoms with Crippen molar-refractivity contribution in [3.05, 3.63) is 23.8 Å². The summed E-state index contributed by atoms with van der Waals surface area (Å²) in [6, 6.07) is 5.79. The minimum atomic E-state index is 0.785. The molecule has 80 valence electrons. The topological polar surface area (TPSA) is 3.24 Å². The Morgan fingerprint density at radius 3 is 2.69 bits per heavy atom. The van der Waals surface area contributed by atoms with Crippen molar-refractivity contribution in [2.45, 2.75) is 19.8 Å². The summed E-state index contributed by atoms with van der Waals surface area (Å²) in [6.45, 7) is 4.47. The first kappa shape index (κ1) is 11.1. The van der Waals surface area contributed by atoms with Crippen LogP contribution >= 0.6 is 0 Å². The molecule has 1 aliphatic heterocycles. The first-order chi connectivity index (χ1) is 7.70. The second-order valence-corrected chi connectivity index (χ2v) is 4.59. The highest BCUT2D eigenvalue weighted by atomic mass is 15.1. The van der Waals surface area contributed by atoms with E-state index >= 15 is 0 Å². The van der Waals surface area contributed by atoms with Crippen molar-refractivity contribution in [1.29, 1.82) is 0 Å². The number of hydrogen-bond acceptors (Lipinski definition) is 1. The van der Waals surface area contributed by atoms with Gasteiger partial charge in [-0.15, -0.1) is 6.42 Å². The average Bonchev–Trinajstić information content (AvgIpc) is 2.30. The molecule has 1 saturated heterocycles. The first-order valence-corrected chi connectivity index (χ1v) is 5.82. The maximum absolute atomic E-state index is 5.82. The summed E-state index contributed by atoms with van der Waals surface area (Å²) < 4.78 is 0. The van der Waals surface area contributed by atoms with Crippen molar-refractivity contribution in [3.8, 4) is 12.3 Å². The maximum atomic E-state index is 5.82. The van der Waals surface area contributed by atoms with E-state index in [0.717, 1.165) is 35.7 Å². The number of terminal acetylenes is 1. The third-order valence-corrected chi connectivity index (χ3v) is 3.30. The lowest BCUT2D eigenvalue weighted by atomic mass is 9.92. The Morgan fingerprint density at radius 1 is 1.38 bits per heavy atom. The lowest BCUT2D eigenvalue weighted by Crippen LogP contribution is -2.33. The molecule has 1 aromatic rings. The van der Waals surface area contributed by atoms with Crippen LogP contribution in [0.4, 0.5) is 5.69 Å². The van der Waals surface area contributed by atoms with Crippen LogP contribution in [0.2, 0.25) is 0 Å². The second kappa shape index (κ2) is 4.66. The van der Waals surface area contributed by atoms with Gasteiger partial charge in [-0.1, -0.05) is 24.4 Å². The van der Waals surface area contributed by atoms with Gasteiger partial charge in [-0.25, -0.2) is 0 Å². The molecular formula is C14H16BN. The van der Waals surface area contributed by atoms with E-state index in [2.05, 4.69) is 17.7 Å². The molecule has 0 bridgehead atoms. The molecule has 0 amide bonds.